The van der Waals surface area contributed by atoms with Gasteiger partial charge in [-0.15, -0.1) is 0 Å². The zero-order chi connectivity index (χ0) is 19.6. The van der Waals surface area contributed by atoms with Crippen LogP contribution in [0.1, 0.15) is 109 Å². The second kappa shape index (κ2) is 17.1. The van der Waals surface area contributed by atoms with E-state index in [1.54, 1.807) is 6.07 Å². The Bertz CT molecular complexity index is 444. The van der Waals surface area contributed by atoms with Gasteiger partial charge in [0.25, 0.3) is 0 Å². The van der Waals surface area contributed by atoms with E-state index in [1.165, 1.54) is 82.6 Å². The number of rotatable bonds is 18. The molecular weight excluding hydrogens is 332 g/mol. The zero-order valence-corrected chi connectivity index (χ0v) is 18.1. The van der Waals surface area contributed by atoms with Crippen LogP contribution in [0.15, 0.2) is 24.3 Å². The molecule has 0 spiro atoms. The highest BCUT2D eigenvalue weighted by atomic mass is 16.5. The van der Waals surface area contributed by atoms with Gasteiger partial charge in [0.1, 0.15) is 5.75 Å². The molecule has 1 unspecified atom stereocenters. The van der Waals surface area contributed by atoms with Crippen LogP contribution in [0.2, 0.25) is 0 Å². The predicted octanol–water partition coefficient (Wildman–Crippen LogP) is 7.82. The number of ether oxygens (including phenoxy) is 1. The molecule has 0 saturated heterocycles. The molecular formula is C25H44O2. The fourth-order valence-electron chi connectivity index (χ4n) is 3.60. The maximum Gasteiger partial charge on any atom is 0.115 e. The third kappa shape index (κ3) is 13.7. The standard InChI is InChI=1S/C25H44O2/c1-3-5-7-8-9-10-11-12-13-14-18-25(27-21-6-4-2)20-19-23-16-15-17-24(26)22-23/h15-17,22,25-26H,3-14,18-21H2,1-2H3. The molecule has 2 nitrogen and oxygen atoms in total. The summed E-state index contributed by atoms with van der Waals surface area (Å²) in [5.41, 5.74) is 1.21. The summed E-state index contributed by atoms with van der Waals surface area (Å²) in [6.07, 6.45) is 19.8. The second-order valence-corrected chi connectivity index (χ2v) is 8.03. The number of phenolic OH excluding ortho intramolecular Hbond substituents is 1. The predicted molar refractivity (Wildman–Crippen MR) is 118 cm³/mol. The molecule has 0 aliphatic carbocycles. The monoisotopic (exact) mass is 376 g/mol. The van der Waals surface area contributed by atoms with Crippen LogP contribution in [0.25, 0.3) is 0 Å². The van der Waals surface area contributed by atoms with Crippen LogP contribution in [-0.4, -0.2) is 17.8 Å². The fraction of sp³-hybridized carbons (Fsp3) is 0.760. The van der Waals surface area contributed by atoms with Crippen LogP contribution in [0.5, 0.6) is 5.75 Å². The first-order chi connectivity index (χ1) is 13.3. The van der Waals surface area contributed by atoms with Crippen LogP contribution in [0.3, 0.4) is 0 Å². The van der Waals surface area contributed by atoms with Crippen LogP contribution >= 0.6 is 0 Å². The van der Waals surface area contributed by atoms with Gasteiger partial charge in [-0.2, -0.15) is 0 Å². The zero-order valence-electron chi connectivity index (χ0n) is 18.1. The van der Waals surface area contributed by atoms with Crippen molar-refractivity contribution in [3.63, 3.8) is 0 Å². The first-order valence-corrected chi connectivity index (χ1v) is 11.7. The molecule has 0 radical (unpaired) electrons. The second-order valence-electron chi connectivity index (χ2n) is 8.03. The van der Waals surface area contributed by atoms with E-state index >= 15 is 0 Å². The lowest BCUT2D eigenvalue weighted by Gasteiger charge is -2.18. The van der Waals surface area contributed by atoms with Gasteiger partial charge < -0.3 is 9.84 Å². The Balaban J connectivity index is 2.15. The Morgan fingerprint density at radius 2 is 1.41 bits per heavy atom. The highest BCUT2D eigenvalue weighted by molar-refractivity contribution is 5.27. The molecule has 0 bridgehead atoms. The molecule has 0 aliphatic heterocycles. The molecule has 1 aromatic carbocycles. The average Bonchev–Trinajstić information content (AvgIpc) is 2.67. The van der Waals surface area contributed by atoms with Crippen molar-refractivity contribution in [1.29, 1.82) is 0 Å². The molecule has 1 aromatic rings. The van der Waals surface area contributed by atoms with Gasteiger partial charge in [0.2, 0.25) is 0 Å². The molecule has 0 aliphatic rings. The van der Waals surface area contributed by atoms with Crippen molar-refractivity contribution in [3.05, 3.63) is 29.8 Å². The summed E-state index contributed by atoms with van der Waals surface area (Å²) < 4.78 is 6.15. The van der Waals surface area contributed by atoms with Gasteiger partial charge in [0.05, 0.1) is 6.10 Å². The number of benzene rings is 1. The SMILES string of the molecule is CCCCCCCCCCCCC(CCc1cccc(O)c1)OCCCC. The number of hydrogen-bond donors (Lipinski definition) is 1. The van der Waals surface area contributed by atoms with Crippen LogP contribution in [-0.2, 0) is 11.2 Å². The smallest absolute Gasteiger partial charge is 0.115 e. The highest BCUT2D eigenvalue weighted by Crippen LogP contribution is 2.18. The number of hydrogen-bond acceptors (Lipinski definition) is 2. The van der Waals surface area contributed by atoms with Crippen molar-refractivity contribution in [3.8, 4) is 5.75 Å². The van der Waals surface area contributed by atoms with Crippen molar-refractivity contribution in [1.82, 2.24) is 0 Å². The minimum Gasteiger partial charge on any atom is -0.508 e. The minimum atomic E-state index is 0.366. The molecule has 156 valence electrons. The maximum absolute atomic E-state index is 9.62. The fourth-order valence-corrected chi connectivity index (χ4v) is 3.60. The number of aryl methyl sites for hydroxylation is 1. The minimum absolute atomic E-state index is 0.366. The van der Waals surface area contributed by atoms with Crippen molar-refractivity contribution < 1.29 is 9.84 Å². The van der Waals surface area contributed by atoms with Crippen LogP contribution in [0, 0.1) is 0 Å². The quantitative estimate of drug-likeness (QED) is 0.265. The number of aromatic hydroxyl groups is 1. The Hall–Kier alpha value is -1.02. The summed E-state index contributed by atoms with van der Waals surface area (Å²) in [5, 5.41) is 9.62. The number of phenols is 1. The summed E-state index contributed by atoms with van der Waals surface area (Å²) in [7, 11) is 0. The molecule has 1 N–H and O–H groups in total. The first kappa shape index (κ1) is 24.0. The molecule has 0 saturated carbocycles. The highest BCUT2D eigenvalue weighted by Gasteiger charge is 2.10. The Kier molecular flexibility index (Phi) is 15.2. The van der Waals surface area contributed by atoms with E-state index in [2.05, 4.69) is 19.9 Å². The summed E-state index contributed by atoms with van der Waals surface area (Å²) in [6, 6.07) is 7.65. The van der Waals surface area contributed by atoms with Crippen molar-refractivity contribution in [2.75, 3.05) is 6.61 Å². The molecule has 0 amide bonds. The molecule has 1 atom stereocenters. The van der Waals surface area contributed by atoms with Crippen molar-refractivity contribution in [2.45, 2.75) is 116 Å². The van der Waals surface area contributed by atoms with E-state index in [-0.39, 0.29) is 0 Å². The molecule has 27 heavy (non-hydrogen) atoms. The van der Waals surface area contributed by atoms with E-state index in [9.17, 15) is 5.11 Å². The molecule has 2 heteroatoms. The summed E-state index contributed by atoms with van der Waals surface area (Å²) in [5.74, 6) is 0.366. The van der Waals surface area contributed by atoms with Gasteiger partial charge in [-0.3, -0.25) is 0 Å². The van der Waals surface area contributed by atoms with Crippen molar-refractivity contribution in [2.24, 2.45) is 0 Å². The van der Waals surface area contributed by atoms with Crippen LogP contribution < -0.4 is 0 Å². The van der Waals surface area contributed by atoms with Gasteiger partial charge in [-0.25, -0.2) is 0 Å². The van der Waals surface area contributed by atoms with E-state index in [4.69, 9.17) is 4.74 Å². The lowest BCUT2D eigenvalue weighted by Crippen LogP contribution is -2.15. The lowest BCUT2D eigenvalue weighted by molar-refractivity contribution is 0.0384. The first-order valence-electron chi connectivity index (χ1n) is 11.7. The average molecular weight is 377 g/mol. The maximum atomic E-state index is 9.62. The molecule has 0 aromatic heterocycles. The molecule has 1 rings (SSSR count). The largest absolute Gasteiger partial charge is 0.508 e. The molecule has 0 heterocycles. The third-order valence-corrected chi connectivity index (χ3v) is 5.40. The Labute approximate surface area is 168 Å². The van der Waals surface area contributed by atoms with Gasteiger partial charge in [-0.05, 0) is 43.4 Å². The summed E-state index contributed by atoms with van der Waals surface area (Å²) in [4.78, 5) is 0. The van der Waals surface area contributed by atoms with Crippen LogP contribution in [0.4, 0.5) is 0 Å². The topological polar surface area (TPSA) is 29.5 Å². The van der Waals surface area contributed by atoms with E-state index in [0.717, 1.165) is 25.9 Å². The summed E-state index contributed by atoms with van der Waals surface area (Å²) in [6.45, 7) is 5.38. The van der Waals surface area contributed by atoms with Gasteiger partial charge in [-0.1, -0.05) is 96.6 Å². The Morgan fingerprint density at radius 3 is 2.04 bits per heavy atom. The lowest BCUT2D eigenvalue weighted by atomic mass is 10.0. The van der Waals surface area contributed by atoms with Gasteiger partial charge in [0.15, 0.2) is 0 Å². The summed E-state index contributed by atoms with van der Waals surface area (Å²) >= 11 is 0. The normalized spacial score (nSPS) is 12.4. The number of unbranched alkanes of at least 4 members (excludes halogenated alkanes) is 10. The molecule has 0 fully saturated rings. The van der Waals surface area contributed by atoms with E-state index in [0.29, 0.717) is 11.9 Å². The van der Waals surface area contributed by atoms with Gasteiger partial charge >= 0.3 is 0 Å². The Morgan fingerprint density at radius 1 is 0.778 bits per heavy atom. The van der Waals surface area contributed by atoms with Crippen molar-refractivity contribution >= 4 is 0 Å². The third-order valence-electron chi connectivity index (χ3n) is 5.40. The van der Waals surface area contributed by atoms with E-state index < -0.39 is 0 Å². The van der Waals surface area contributed by atoms with E-state index in [1.807, 2.05) is 12.1 Å². The van der Waals surface area contributed by atoms with Gasteiger partial charge in [0, 0.05) is 6.61 Å².